The number of allylic oxidation sites excluding steroid dienone is 1. The fourth-order valence-corrected chi connectivity index (χ4v) is 6.20. The van der Waals surface area contributed by atoms with Crippen molar-refractivity contribution >= 4 is 29.0 Å². The number of primary amides is 1. The number of phenols is 1. The lowest BCUT2D eigenvalue weighted by Crippen LogP contribution is -2.63. The van der Waals surface area contributed by atoms with Crippen LogP contribution >= 0.6 is 0 Å². The van der Waals surface area contributed by atoms with Gasteiger partial charge in [0.1, 0.15) is 29.4 Å². The summed E-state index contributed by atoms with van der Waals surface area (Å²) in [5, 5.41) is 55.3. The van der Waals surface area contributed by atoms with E-state index in [0.717, 1.165) is 6.07 Å². The number of aliphatic hydroxyl groups is 3. The molecule has 41 heavy (non-hydrogen) atoms. The van der Waals surface area contributed by atoms with E-state index in [1.165, 1.54) is 9.80 Å². The Labute approximate surface area is 232 Å². The van der Waals surface area contributed by atoms with Crippen molar-refractivity contribution < 1.29 is 48.0 Å². The van der Waals surface area contributed by atoms with Crippen LogP contribution in [0, 0.1) is 17.2 Å². The van der Waals surface area contributed by atoms with Crippen LogP contribution in [-0.2, 0) is 11.2 Å². The largest absolute Gasteiger partial charge is 0.510 e. The summed E-state index contributed by atoms with van der Waals surface area (Å²) in [6.45, 7) is -1.69. The van der Waals surface area contributed by atoms with Gasteiger partial charge in [0.25, 0.3) is 11.8 Å². The van der Waals surface area contributed by atoms with Crippen LogP contribution in [-0.4, -0.2) is 101 Å². The molecule has 2 amide bonds. The van der Waals surface area contributed by atoms with E-state index in [1.54, 1.807) is 33.5 Å². The van der Waals surface area contributed by atoms with Crippen molar-refractivity contribution in [3.8, 4) is 5.75 Å². The molecule has 12 nitrogen and oxygen atoms in total. The van der Waals surface area contributed by atoms with Gasteiger partial charge in [0, 0.05) is 31.3 Å². The number of Topliss-reactive ketones (excluding diaryl/α,β-unsaturated/α-hetero) is 1. The Balaban J connectivity index is 1.93. The molecular weight excluding hydrogens is 551 g/mol. The molecule has 0 aromatic heterocycles. The smallest absolute Gasteiger partial charge is 0.405 e. The SMILES string of the molecule is CN(C)c1cc(C(=O)NCC(F)(F)F)c(O)c2c1C[C@H]1C[C@H]3[C@H](N(C)C)C(O)=C(C(N)=O)C(=N)[C@@]3(O)C(O)=C1C2=O. The van der Waals surface area contributed by atoms with Gasteiger partial charge in [-0.3, -0.25) is 19.3 Å². The van der Waals surface area contributed by atoms with Crippen LogP contribution < -0.4 is 16.0 Å². The maximum Gasteiger partial charge on any atom is 0.405 e. The molecule has 8 N–H and O–H groups in total. The second kappa shape index (κ2) is 9.76. The maximum atomic E-state index is 13.9. The second-order valence-corrected chi connectivity index (χ2v) is 10.8. The molecule has 0 saturated heterocycles. The highest BCUT2D eigenvalue weighted by Gasteiger charge is 2.61. The van der Waals surface area contributed by atoms with Gasteiger partial charge in [0.15, 0.2) is 11.4 Å². The summed E-state index contributed by atoms with van der Waals surface area (Å²) < 4.78 is 38.2. The van der Waals surface area contributed by atoms with Gasteiger partial charge in [-0.1, -0.05) is 0 Å². The quantitative estimate of drug-likeness (QED) is 0.264. The first kappa shape index (κ1) is 29.9. The zero-order chi connectivity index (χ0) is 30.9. The predicted molar refractivity (Wildman–Crippen MR) is 139 cm³/mol. The maximum absolute atomic E-state index is 13.9. The molecule has 0 aliphatic heterocycles. The molecule has 1 aromatic carbocycles. The standard InChI is InChI=1S/C26H30F3N5O7/c1-33(2)13-7-11(24(40)32-8-25(27,28)29)18(35)15-10(13)5-9-6-12-17(34(3)4)20(37)16(23(31)39)21(30)26(12,41)22(38)14(9)19(15)36/h7,9,12,17,30,35,37-38,41H,5-6,8H2,1-4H3,(H2,31,39)(H,32,40)/t9-,12-,17-,26+/m0/s1. The van der Waals surface area contributed by atoms with Gasteiger partial charge >= 0.3 is 6.18 Å². The third kappa shape index (κ3) is 4.48. The summed E-state index contributed by atoms with van der Waals surface area (Å²) in [5.74, 6) is -7.92. The second-order valence-electron chi connectivity index (χ2n) is 10.8. The highest BCUT2D eigenvalue weighted by molar-refractivity contribution is 6.26. The average Bonchev–Trinajstić information content (AvgIpc) is 2.83. The molecule has 0 fully saturated rings. The number of benzene rings is 1. The van der Waals surface area contributed by atoms with Crippen LogP contribution in [0.4, 0.5) is 18.9 Å². The summed E-state index contributed by atoms with van der Waals surface area (Å²) in [7, 11) is 6.21. The topological polar surface area (TPSA) is 201 Å². The normalized spacial score (nSPS) is 26.0. The number of carbonyl (C=O) groups excluding carboxylic acids is 3. The van der Waals surface area contributed by atoms with Crippen molar-refractivity contribution in [2.75, 3.05) is 39.6 Å². The molecule has 0 saturated carbocycles. The number of anilines is 1. The summed E-state index contributed by atoms with van der Waals surface area (Å²) >= 11 is 0. The third-order valence-electron chi connectivity index (χ3n) is 7.93. The van der Waals surface area contributed by atoms with Gasteiger partial charge in [0.05, 0.1) is 22.9 Å². The number of halogens is 3. The predicted octanol–water partition coefficient (Wildman–Crippen LogP) is 0.929. The van der Waals surface area contributed by atoms with Crippen molar-refractivity contribution in [1.29, 1.82) is 5.41 Å². The first-order valence-corrected chi connectivity index (χ1v) is 12.4. The van der Waals surface area contributed by atoms with Gasteiger partial charge in [-0.05, 0) is 44.5 Å². The molecule has 0 bridgehead atoms. The van der Waals surface area contributed by atoms with Crippen molar-refractivity contribution in [1.82, 2.24) is 10.2 Å². The number of alkyl halides is 3. The number of rotatable bonds is 5. The highest BCUT2D eigenvalue weighted by atomic mass is 19.4. The van der Waals surface area contributed by atoms with Gasteiger partial charge < -0.3 is 41.8 Å². The average molecular weight is 582 g/mol. The van der Waals surface area contributed by atoms with E-state index < -0.39 is 99.1 Å². The van der Waals surface area contributed by atoms with Gasteiger partial charge in [0.2, 0.25) is 0 Å². The molecule has 15 heteroatoms. The minimum absolute atomic E-state index is 0.0147. The number of amides is 2. The van der Waals surface area contributed by atoms with Gasteiger partial charge in [-0.15, -0.1) is 0 Å². The number of ketones is 1. The molecule has 3 aliphatic carbocycles. The van der Waals surface area contributed by atoms with E-state index in [-0.39, 0.29) is 24.1 Å². The fourth-order valence-electron chi connectivity index (χ4n) is 6.20. The molecule has 0 radical (unpaired) electrons. The van der Waals surface area contributed by atoms with Gasteiger partial charge in [-0.2, -0.15) is 13.2 Å². The number of aromatic hydroxyl groups is 1. The summed E-state index contributed by atoms with van der Waals surface area (Å²) in [6.07, 6.45) is -4.82. The molecule has 0 unspecified atom stereocenters. The Morgan fingerprint density at radius 2 is 1.80 bits per heavy atom. The third-order valence-corrected chi connectivity index (χ3v) is 7.93. The van der Waals surface area contributed by atoms with Crippen LogP contribution in [0.15, 0.2) is 28.7 Å². The zero-order valence-corrected chi connectivity index (χ0v) is 22.5. The van der Waals surface area contributed by atoms with E-state index in [4.69, 9.17) is 11.1 Å². The number of fused-ring (bicyclic) bond motifs is 3. The minimum Gasteiger partial charge on any atom is -0.510 e. The highest BCUT2D eigenvalue weighted by Crippen LogP contribution is 2.53. The number of carbonyl (C=O) groups is 3. The number of nitrogens with one attached hydrogen (secondary N) is 2. The van der Waals surface area contributed by atoms with E-state index in [0.29, 0.717) is 0 Å². The molecule has 222 valence electrons. The molecule has 3 aliphatic rings. The van der Waals surface area contributed by atoms with Crippen LogP contribution in [0.5, 0.6) is 5.75 Å². The molecule has 1 aromatic rings. The Bertz CT molecular complexity index is 1450. The minimum atomic E-state index is -4.74. The van der Waals surface area contributed by atoms with E-state index >= 15 is 0 Å². The lowest BCUT2D eigenvalue weighted by molar-refractivity contribution is -0.123. The van der Waals surface area contributed by atoms with E-state index in [2.05, 4.69) is 0 Å². The van der Waals surface area contributed by atoms with Crippen LogP contribution in [0.2, 0.25) is 0 Å². The van der Waals surface area contributed by atoms with Crippen molar-refractivity contribution in [3.05, 3.63) is 45.4 Å². The summed E-state index contributed by atoms with van der Waals surface area (Å²) in [4.78, 5) is 41.7. The van der Waals surface area contributed by atoms with Crippen LogP contribution in [0.1, 0.15) is 32.7 Å². The Morgan fingerprint density at radius 3 is 2.32 bits per heavy atom. The molecule has 0 spiro atoms. The van der Waals surface area contributed by atoms with Gasteiger partial charge in [-0.25, -0.2) is 0 Å². The Morgan fingerprint density at radius 1 is 1.20 bits per heavy atom. The lowest BCUT2D eigenvalue weighted by atomic mass is 9.58. The Kier molecular flexibility index (Phi) is 7.11. The zero-order valence-electron chi connectivity index (χ0n) is 22.5. The number of hydrogen-bond donors (Lipinski definition) is 7. The number of phenolic OH excluding ortho intramolecular Hbond substituents is 1. The summed E-state index contributed by atoms with van der Waals surface area (Å²) in [5.41, 5.74) is 0.162. The summed E-state index contributed by atoms with van der Waals surface area (Å²) in [6, 6.07) is 0.0752. The number of hydrogen-bond acceptors (Lipinski definition) is 10. The number of nitrogens with zero attached hydrogens (tertiary/aromatic N) is 2. The lowest BCUT2D eigenvalue weighted by Gasteiger charge is -2.51. The van der Waals surface area contributed by atoms with Crippen molar-refractivity contribution in [2.24, 2.45) is 17.6 Å². The molecular formula is C26H30F3N5O7. The number of aliphatic hydroxyl groups excluding tert-OH is 2. The van der Waals surface area contributed by atoms with Crippen LogP contribution in [0.25, 0.3) is 0 Å². The Hall–Kier alpha value is -4.11. The monoisotopic (exact) mass is 581 g/mol. The van der Waals surface area contributed by atoms with E-state index in [9.17, 15) is 48.0 Å². The van der Waals surface area contributed by atoms with Crippen molar-refractivity contribution in [2.45, 2.75) is 30.7 Å². The molecule has 4 rings (SSSR count). The van der Waals surface area contributed by atoms with Crippen molar-refractivity contribution in [3.63, 3.8) is 0 Å². The fraction of sp³-hybridized carbons (Fsp3) is 0.462. The van der Waals surface area contributed by atoms with Crippen LogP contribution in [0.3, 0.4) is 0 Å². The number of nitrogens with two attached hydrogens (primary N) is 1. The molecule has 4 atom stereocenters. The first-order chi connectivity index (χ1) is 18.8. The number of likely N-dealkylation sites (N-methyl/N-ethyl adjacent to an activating group) is 1. The van der Waals surface area contributed by atoms with E-state index in [1.807, 2.05) is 0 Å². The first-order valence-electron chi connectivity index (χ1n) is 12.4. The molecule has 0 heterocycles.